The van der Waals surface area contributed by atoms with Gasteiger partial charge >= 0.3 is 6.09 Å². The second-order valence-electron chi connectivity index (χ2n) is 7.85. The topological polar surface area (TPSA) is 90.6 Å². The molecule has 1 aromatic carbocycles. The number of rotatable bonds is 4. The number of halogens is 1. The molecule has 2 saturated heterocycles. The highest BCUT2D eigenvalue weighted by molar-refractivity contribution is 5.68. The van der Waals surface area contributed by atoms with Gasteiger partial charge in [-0.05, 0) is 19.1 Å². The van der Waals surface area contributed by atoms with E-state index in [2.05, 4.69) is 9.80 Å². The molecule has 168 valence electrons. The lowest BCUT2D eigenvalue weighted by atomic mass is 10.1. The average molecular weight is 434 g/mol. The minimum Gasteiger partial charge on any atom is -0.492 e. The van der Waals surface area contributed by atoms with Crippen molar-refractivity contribution in [2.45, 2.75) is 19.5 Å². The van der Waals surface area contributed by atoms with Crippen molar-refractivity contribution in [2.75, 3.05) is 50.8 Å². The zero-order valence-electron chi connectivity index (χ0n) is 17.4. The first-order chi connectivity index (χ1) is 14.9. The molecule has 2 fully saturated rings. The molecule has 1 aromatic heterocycles. The Morgan fingerprint density at radius 3 is 2.48 bits per heavy atom. The van der Waals surface area contributed by atoms with Crippen LogP contribution >= 0.6 is 0 Å². The van der Waals surface area contributed by atoms with Crippen LogP contribution in [0.4, 0.5) is 14.9 Å². The summed E-state index contributed by atoms with van der Waals surface area (Å²) in [5.74, 6) is -0.974. The molecule has 31 heavy (non-hydrogen) atoms. The van der Waals surface area contributed by atoms with Gasteiger partial charge in [0, 0.05) is 68.7 Å². The van der Waals surface area contributed by atoms with Gasteiger partial charge in [-0.15, -0.1) is 4.73 Å². The predicted octanol–water partition coefficient (Wildman–Crippen LogP) is 1.63. The number of hydrogen-bond donors (Lipinski definition) is 2. The number of carbonyl (C=O) groups is 1. The Labute approximate surface area is 179 Å². The Balaban J connectivity index is 1.34. The summed E-state index contributed by atoms with van der Waals surface area (Å²) >= 11 is 0. The maximum Gasteiger partial charge on any atom is 0.435 e. The zero-order chi connectivity index (χ0) is 22.0. The number of piperazine rings is 1. The number of aromatic nitrogens is 1. The fourth-order valence-electron chi connectivity index (χ4n) is 4.00. The number of amides is 1. The normalized spacial score (nSPS) is 20.1. The number of carbonyl (C=O) groups excluding carboxylic acids is 1. The van der Waals surface area contributed by atoms with Gasteiger partial charge < -0.3 is 29.6 Å². The van der Waals surface area contributed by atoms with Gasteiger partial charge in [0.25, 0.3) is 0 Å². The van der Waals surface area contributed by atoms with Crippen molar-refractivity contribution < 1.29 is 29.0 Å². The van der Waals surface area contributed by atoms with Gasteiger partial charge in [-0.1, -0.05) is 6.07 Å². The summed E-state index contributed by atoms with van der Waals surface area (Å²) in [5, 5.41) is 19.3. The third-order valence-electron chi connectivity index (χ3n) is 5.72. The van der Waals surface area contributed by atoms with Crippen LogP contribution in [0.25, 0.3) is 0 Å². The highest BCUT2D eigenvalue weighted by Crippen LogP contribution is 2.23. The summed E-state index contributed by atoms with van der Waals surface area (Å²) in [4.78, 5) is 23.3. The molecule has 0 radical (unpaired) electrons. The van der Waals surface area contributed by atoms with E-state index in [0.717, 1.165) is 18.8 Å². The molecule has 1 atom stereocenters. The van der Waals surface area contributed by atoms with Gasteiger partial charge in [0.1, 0.15) is 5.82 Å². The fraction of sp³-hybridized carbons (Fsp3) is 0.476. The number of benzene rings is 1. The van der Waals surface area contributed by atoms with E-state index in [9.17, 15) is 19.4 Å². The molecule has 0 unspecified atom stereocenters. The van der Waals surface area contributed by atoms with Crippen molar-refractivity contribution in [3.63, 3.8) is 0 Å². The SMILES string of the molecule is C[C@H]1CN(Cc2ccc(N3CCOCC3)cc2F)CCN1C(=O)On1c(O)ccc1O. The Kier molecular flexibility index (Phi) is 6.19. The van der Waals surface area contributed by atoms with Crippen LogP contribution in [0.15, 0.2) is 30.3 Å². The molecule has 2 N–H and O–H groups in total. The number of nitrogens with zero attached hydrogens (tertiary/aromatic N) is 4. The lowest BCUT2D eigenvalue weighted by Crippen LogP contribution is -2.55. The standard InChI is InChI=1S/C21H27FN4O5/c1-15-13-23(6-7-25(15)21(29)31-26-19(27)4-5-20(26)28)14-16-2-3-17(12-18(16)22)24-8-10-30-11-9-24/h2-5,12,15,27-28H,6-11,13-14H2,1H3/t15-/m0/s1. The molecule has 2 aromatic rings. The van der Waals surface area contributed by atoms with Gasteiger partial charge in [0.2, 0.25) is 11.8 Å². The average Bonchev–Trinajstić information content (AvgIpc) is 3.08. The largest absolute Gasteiger partial charge is 0.492 e. The van der Waals surface area contributed by atoms with E-state index in [1.54, 1.807) is 6.07 Å². The van der Waals surface area contributed by atoms with E-state index < -0.39 is 6.09 Å². The summed E-state index contributed by atoms with van der Waals surface area (Å²) in [6.45, 7) is 6.62. The lowest BCUT2D eigenvalue weighted by Gasteiger charge is -2.39. The van der Waals surface area contributed by atoms with Gasteiger partial charge in [-0.3, -0.25) is 4.90 Å². The summed E-state index contributed by atoms with van der Waals surface area (Å²) in [5.41, 5.74) is 1.48. The van der Waals surface area contributed by atoms with Crippen LogP contribution in [0.1, 0.15) is 12.5 Å². The summed E-state index contributed by atoms with van der Waals surface area (Å²) < 4.78 is 20.8. The van der Waals surface area contributed by atoms with E-state index in [1.165, 1.54) is 17.0 Å². The summed E-state index contributed by atoms with van der Waals surface area (Å²) in [6.07, 6.45) is -0.671. The van der Waals surface area contributed by atoms with Crippen molar-refractivity contribution >= 4 is 11.8 Å². The molecule has 0 saturated carbocycles. The molecular weight excluding hydrogens is 407 g/mol. The first kappa shape index (κ1) is 21.3. The zero-order valence-corrected chi connectivity index (χ0v) is 17.4. The van der Waals surface area contributed by atoms with Crippen LogP contribution in [0.2, 0.25) is 0 Å². The van der Waals surface area contributed by atoms with E-state index in [4.69, 9.17) is 9.57 Å². The summed E-state index contributed by atoms with van der Waals surface area (Å²) in [7, 11) is 0. The van der Waals surface area contributed by atoms with Gasteiger partial charge in [-0.2, -0.15) is 0 Å². The molecule has 9 nitrogen and oxygen atoms in total. The number of aromatic hydroxyl groups is 2. The Hall–Kier alpha value is -2.98. The molecule has 3 heterocycles. The van der Waals surface area contributed by atoms with E-state index in [0.29, 0.717) is 49.7 Å². The predicted molar refractivity (Wildman–Crippen MR) is 111 cm³/mol. The lowest BCUT2D eigenvalue weighted by molar-refractivity contribution is 0.0354. The number of anilines is 1. The van der Waals surface area contributed by atoms with Gasteiger partial charge in [0.15, 0.2) is 0 Å². The van der Waals surface area contributed by atoms with Crippen LogP contribution in [0.3, 0.4) is 0 Å². The minimum atomic E-state index is -0.671. The third kappa shape index (κ3) is 4.70. The third-order valence-corrected chi connectivity index (χ3v) is 5.72. The Morgan fingerprint density at radius 1 is 1.13 bits per heavy atom. The van der Waals surface area contributed by atoms with Crippen LogP contribution < -0.4 is 9.74 Å². The molecule has 1 amide bonds. The van der Waals surface area contributed by atoms with Crippen molar-refractivity contribution in [1.82, 2.24) is 14.5 Å². The molecule has 2 aliphatic heterocycles. The maximum atomic E-state index is 14.7. The van der Waals surface area contributed by atoms with E-state index in [1.807, 2.05) is 19.1 Å². The second-order valence-corrected chi connectivity index (χ2v) is 7.85. The van der Waals surface area contributed by atoms with Crippen molar-refractivity contribution in [2.24, 2.45) is 0 Å². The molecule has 4 rings (SSSR count). The first-order valence-corrected chi connectivity index (χ1v) is 10.3. The quantitative estimate of drug-likeness (QED) is 0.756. The Bertz CT molecular complexity index is 911. The molecule has 0 spiro atoms. The molecule has 0 bridgehead atoms. The highest BCUT2D eigenvalue weighted by atomic mass is 19.1. The maximum absolute atomic E-state index is 14.7. The highest BCUT2D eigenvalue weighted by Gasteiger charge is 2.30. The molecule has 0 aliphatic carbocycles. The van der Waals surface area contributed by atoms with Crippen molar-refractivity contribution in [3.8, 4) is 11.8 Å². The molecule has 2 aliphatic rings. The van der Waals surface area contributed by atoms with Gasteiger partial charge in [-0.25, -0.2) is 9.18 Å². The van der Waals surface area contributed by atoms with E-state index >= 15 is 0 Å². The Morgan fingerprint density at radius 2 is 1.84 bits per heavy atom. The van der Waals surface area contributed by atoms with Crippen molar-refractivity contribution in [1.29, 1.82) is 0 Å². The monoisotopic (exact) mass is 434 g/mol. The number of morpholine rings is 1. The molecule has 10 heteroatoms. The van der Waals surface area contributed by atoms with Crippen LogP contribution in [0.5, 0.6) is 11.8 Å². The van der Waals surface area contributed by atoms with E-state index in [-0.39, 0.29) is 23.6 Å². The van der Waals surface area contributed by atoms with Gasteiger partial charge in [0.05, 0.1) is 13.2 Å². The number of ether oxygens (including phenoxy) is 1. The first-order valence-electron chi connectivity index (χ1n) is 10.3. The van der Waals surface area contributed by atoms with Crippen LogP contribution in [0, 0.1) is 5.82 Å². The molecular formula is C21H27FN4O5. The fourth-order valence-corrected chi connectivity index (χ4v) is 4.00. The smallest absolute Gasteiger partial charge is 0.435 e. The van der Waals surface area contributed by atoms with Crippen LogP contribution in [-0.2, 0) is 11.3 Å². The van der Waals surface area contributed by atoms with Crippen LogP contribution in [-0.4, -0.2) is 82.8 Å². The summed E-state index contributed by atoms with van der Waals surface area (Å²) in [6, 6.07) is 7.61. The second kappa shape index (κ2) is 9.03. The van der Waals surface area contributed by atoms with Crippen molar-refractivity contribution in [3.05, 3.63) is 41.7 Å². The number of hydrogen-bond acceptors (Lipinski definition) is 7. The minimum absolute atomic E-state index is 0.184.